The molecule has 1 aromatic rings. The molecule has 0 radical (unpaired) electrons. The number of carbonyl (C=O) groups excluding carboxylic acids is 3. The lowest BCUT2D eigenvalue weighted by molar-refractivity contribution is -0.137. The molecule has 0 spiro atoms. The van der Waals surface area contributed by atoms with Crippen LogP contribution in [0.25, 0.3) is 0 Å². The highest BCUT2D eigenvalue weighted by Crippen LogP contribution is 2.25. The smallest absolute Gasteiger partial charge is 0.275 e. The van der Waals surface area contributed by atoms with Crippen LogP contribution < -0.4 is 16.1 Å². The van der Waals surface area contributed by atoms with E-state index in [9.17, 15) is 19.5 Å². The molecule has 1 fully saturated rings. The normalized spacial score (nSPS) is 18.3. The van der Waals surface area contributed by atoms with E-state index in [-0.39, 0.29) is 17.6 Å². The molecule has 8 nitrogen and oxygen atoms in total. The molecule has 0 heterocycles. The summed E-state index contributed by atoms with van der Waals surface area (Å²) in [6, 6.07) is 4.64. The highest BCUT2D eigenvalue weighted by atomic mass is 16.5. The quantitative estimate of drug-likeness (QED) is 0.205. The molecule has 1 saturated carbocycles. The van der Waals surface area contributed by atoms with Crippen molar-refractivity contribution in [1.29, 1.82) is 0 Å². The van der Waals surface area contributed by atoms with Gasteiger partial charge >= 0.3 is 0 Å². The fraction of sp³-hybridized carbons (Fsp3) is 0.316. The lowest BCUT2D eigenvalue weighted by Gasteiger charge is -2.26. The molecule has 1 aliphatic rings. The van der Waals surface area contributed by atoms with Crippen LogP contribution in [0.15, 0.2) is 24.3 Å². The van der Waals surface area contributed by atoms with Crippen LogP contribution in [-0.2, 0) is 9.59 Å². The van der Waals surface area contributed by atoms with Gasteiger partial charge in [-0.05, 0) is 48.9 Å². The number of likely N-dealkylation sites (N-methyl/N-ethyl adjacent to an activating group) is 1. The summed E-state index contributed by atoms with van der Waals surface area (Å²) < 4.78 is 0. The number of nitrogens with one attached hydrogen (secondary N) is 3. The molecule has 0 aromatic heterocycles. The van der Waals surface area contributed by atoms with Crippen molar-refractivity contribution in [1.82, 2.24) is 16.1 Å². The second kappa shape index (κ2) is 9.39. The van der Waals surface area contributed by atoms with Crippen molar-refractivity contribution < 1.29 is 24.7 Å². The number of hydrogen-bond donors (Lipinski definition) is 5. The van der Waals surface area contributed by atoms with Crippen molar-refractivity contribution in [2.24, 2.45) is 5.92 Å². The first-order valence-electron chi connectivity index (χ1n) is 8.20. The van der Waals surface area contributed by atoms with Crippen molar-refractivity contribution in [2.75, 3.05) is 7.05 Å². The molecule has 1 aliphatic carbocycles. The van der Waals surface area contributed by atoms with Gasteiger partial charge in [-0.15, -0.1) is 0 Å². The molecule has 1 aromatic carbocycles. The maximum absolute atomic E-state index is 12.2. The number of amides is 3. The highest BCUT2D eigenvalue weighted by Gasteiger charge is 2.27. The Labute approximate surface area is 156 Å². The van der Waals surface area contributed by atoms with E-state index >= 15 is 0 Å². The van der Waals surface area contributed by atoms with E-state index in [1.807, 2.05) is 0 Å². The third kappa shape index (κ3) is 5.58. The lowest BCUT2D eigenvalue weighted by Crippen LogP contribution is -2.54. The fourth-order valence-corrected chi connectivity index (χ4v) is 2.33. The highest BCUT2D eigenvalue weighted by molar-refractivity contribution is 6.08. The molecule has 0 aliphatic heterocycles. The van der Waals surface area contributed by atoms with Crippen molar-refractivity contribution in [2.45, 2.75) is 25.0 Å². The molecule has 27 heavy (non-hydrogen) atoms. The second-order valence-corrected chi connectivity index (χ2v) is 5.92. The first-order chi connectivity index (χ1) is 12.9. The van der Waals surface area contributed by atoms with Gasteiger partial charge in [0.05, 0.1) is 6.10 Å². The third-order valence-electron chi connectivity index (χ3n) is 3.96. The SMILES string of the molecule is CNC(=O)C(NC(=O)c1ccc(C#CC#CC2CC(O)C2)cc1)C(=O)NO. The van der Waals surface area contributed by atoms with Gasteiger partial charge in [0.1, 0.15) is 0 Å². The zero-order valence-corrected chi connectivity index (χ0v) is 14.6. The summed E-state index contributed by atoms with van der Waals surface area (Å²) in [5.74, 6) is 8.98. The van der Waals surface area contributed by atoms with Crippen LogP contribution in [0.3, 0.4) is 0 Å². The number of aliphatic hydroxyl groups excluding tert-OH is 1. The first-order valence-corrected chi connectivity index (χ1v) is 8.20. The van der Waals surface area contributed by atoms with Crippen molar-refractivity contribution in [3.63, 3.8) is 0 Å². The van der Waals surface area contributed by atoms with E-state index in [4.69, 9.17) is 5.21 Å². The van der Waals surface area contributed by atoms with Gasteiger partial charge in [0.15, 0.2) is 6.04 Å². The Hall–Kier alpha value is -3.33. The number of benzene rings is 1. The molecule has 2 rings (SSSR count). The summed E-state index contributed by atoms with van der Waals surface area (Å²) in [5.41, 5.74) is 2.20. The Morgan fingerprint density at radius 2 is 1.78 bits per heavy atom. The Bertz CT molecular complexity index is 820. The zero-order chi connectivity index (χ0) is 19.8. The van der Waals surface area contributed by atoms with Gasteiger partial charge in [-0.25, -0.2) is 5.48 Å². The third-order valence-corrected chi connectivity index (χ3v) is 3.96. The van der Waals surface area contributed by atoms with E-state index in [0.717, 1.165) is 0 Å². The topological polar surface area (TPSA) is 128 Å². The predicted molar refractivity (Wildman–Crippen MR) is 95.1 cm³/mol. The molecule has 1 unspecified atom stereocenters. The van der Waals surface area contributed by atoms with Gasteiger partial charge in [0.25, 0.3) is 17.7 Å². The van der Waals surface area contributed by atoms with Gasteiger partial charge in [0.2, 0.25) is 0 Å². The number of hydroxylamine groups is 1. The van der Waals surface area contributed by atoms with Crippen LogP contribution in [0.2, 0.25) is 0 Å². The molecule has 0 saturated heterocycles. The molecular formula is C19H19N3O5. The largest absolute Gasteiger partial charge is 0.393 e. The zero-order valence-electron chi connectivity index (χ0n) is 14.6. The minimum atomic E-state index is -1.56. The van der Waals surface area contributed by atoms with Gasteiger partial charge in [-0.2, -0.15) is 0 Å². The molecule has 1 atom stereocenters. The Kier molecular flexibility index (Phi) is 6.95. The van der Waals surface area contributed by atoms with Crippen LogP contribution in [0.1, 0.15) is 28.8 Å². The average Bonchev–Trinajstić information content (AvgIpc) is 2.66. The van der Waals surface area contributed by atoms with E-state index < -0.39 is 23.8 Å². The van der Waals surface area contributed by atoms with Crippen LogP contribution in [0.4, 0.5) is 0 Å². The summed E-state index contributed by atoms with van der Waals surface area (Å²) in [6.07, 6.45) is 1.12. The van der Waals surface area contributed by atoms with Crippen LogP contribution in [0.5, 0.6) is 0 Å². The predicted octanol–water partition coefficient (Wildman–Crippen LogP) is -0.838. The Morgan fingerprint density at radius 3 is 2.33 bits per heavy atom. The molecule has 140 valence electrons. The molecule has 0 bridgehead atoms. The molecule has 5 N–H and O–H groups in total. The van der Waals surface area contributed by atoms with Gasteiger partial charge in [-0.1, -0.05) is 11.8 Å². The maximum atomic E-state index is 12.2. The van der Waals surface area contributed by atoms with Crippen molar-refractivity contribution >= 4 is 17.7 Å². The number of rotatable bonds is 4. The summed E-state index contributed by atoms with van der Waals surface area (Å²) in [6.45, 7) is 0. The van der Waals surface area contributed by atoms with Gasteiger partial charge < -0.3 is 15.7 Å². The Morgan fingerprint density at radius 1 is 1.11 bits per heavy atom. The summed E-state index contributed by atoms with van der Waals surface area (Å²) in [5, 5.41) is 22.3. The fourth-order valence-electron chi connectivity index (χ4n) is 2.33. The Balaban J connectivity index is 1.98. The summed E-state index contributed by atoms with van der Waals surface area (Å²) >= 11 is 0. The summed E-state index contributed by atoms with van der Waals surface area (Å²) in [7, 11) is 1.30. The average molecular weight is 369 g/mol. The molecular weight excluding hydrogens is 350 g/mol. The van der Waals surface area contributed by atoms with Crippen LogP contribution in [0, 0.1) is 29.6 Å². The number of carbonyl (C=O) groups is 3. The van der Waals surface area contributed by atoms with Gasteiger partial charge in [0, 0.05) is 24.1 Å². The van der Waals surface area contributed by atoms with E-state index in [1.165, 1.54) is 24.7 Å². The standard InChI is InChI=1S/C19H19N3O5/c1-20-18(25)16(19(26)22-27)21-17(24)14-8-6-12(7-9-14)4-2-3-5-13-10-15(23)11-13/h6-9,13,15-16,23,27H,10-11H2,1H3,(H,20,25)(H,21,24)(H,22,26). The number of aliphatic hydroxyl groups is 1. The van der Waals surface area contributed by atoms with Gasteiger partial charge in [-0.3, -0.25) is 19.6 Å². The van der Waals surface area contributed by atoms with E-state index in [0.29, 0.717) is 18.4 Å². The van der Waals surface area contributed by atoms with Crippen molar-refractivity contribution in [3.8, 4) is 23.7 Å². The minimum absolute atomic E-state index is 0.199. The summed E-state index contributed by atoms with van der Waals surface area (Å²) in [4.78, 5) is 35.3. The van der Waals surface area contributed by atoms with E-state index in [2.05, 4.69) is 34.3 Å². The monoisotopic (exact) mass is 369 g/mol. The van der Waals surface area contributed by atoms with E-state index in [1.54, 1.807) is 12.1 Å². The van der Waals surface area contributed by atoms with Crippen LogP contribution in [-0.4, -0.2) is 47.2 Å². The van der Waals surface area contributed by atoms with Crippen LogP contribution >= 0.6 is 0 Å². The second-order valence-electron chi connectivity index (χ2n) is 5.92. The molecule has 8 heteroatoms. The molecule has 3 amide bonds. The maximum Gasteiger partial charge on any atom is 0.275 e. The number of hydrogen-bond acceptors (Lipinski definition) is 5. The minimum Gasteiger partial charge on any atom is -0.393 e. The lowest BCUT2D eigenvalue weighted by atomic mass is 9.83. The first kappa shape index (κ1) is 20.0. The van der Waals surface area contributed by atoms with Crippen molar-refractivity contribution in [3.05, 3.63) is 35.4 Å².